The zero-order chi connectivity index (χ0) is 12.0. The van der Waals surface area contributed by atoms with E-state index in [0.29, 0.717) is 23.9 Å². The average molecular weight is 260 g/mol. The first-order valence-corrected chi connectivity index (χ1v) is 7.29. The highest BCUT2D eigenvalue weighted by Crippen LogP contribution is 2.24. The first kappa shape index (κ1) is 13.8. The fourth-order valence-electron chi connectivity index (χ4n) is 1.65. The number of hydrogen-bond donors (Lipinski definition) is 2. The smallest absolute Gasteiger partial charge is 0.220 e. The summed E-state index contributed by atoms with van der Waals surface area (Å²) in [5.74, 6) is 3.19. The van der Waals surface area contributed by atoms with Gasteiger partial charge in [0, 0.05) is 18.9 Å². The SMILES string of the molecule is CC(CNC(=O)CC1CCSCC1)C(N)=S. The van der Waals surface area contributed by atoms with Crippen LogP contribution in [-0.4, -0.2) is 28.9 Å². The molecule has 1 saturated heterocycles. The fourth-order valence-corrected chi connectivity index (χ4v) is 2.94. The average Bonchev–Trinajstić information content (AvgIpc) is 2.27. The Bertz CT molecular complexity index is 252. The topological polar surface area (TPSA) is 55.1 Å². The van der Waals surface area contributed by atoms with Crippen molar-refractivity contribution in [1.82, 2.24) is 5.32 Å². The van der Waals surface area contributed by atoms with Crippen molar-refractivity contribution in [3.8, 4) is 0 Å². The molecule has 5 heteroatoms. The largest absolute Gasteiger partial charge is 0.393 e. The maximum atomic E-state index is 11.6. The number of thiocarbonyl (C=S) groups is 1. The van der Waals surface area contributed by atoms with Crippen molar-refractivity contribution in [2.45, 2.75) is 26.2 Å². The summed E-state index contributed by atoms with van der Waals surface area (Å²) in [5.41, 5.74) is 5.48. The molecule has 92 valence electrons. The van der Waals surface area contributed by atoms with Gasteiger partial charge in [0.25, 0.3) is 0 Å². The first-order chi connectivity index (χ1) is 7.59. The van der Waals surface area contributed by atoms with E-state index in [1.807, 2.05) is 18.7 Å². The van der Waals surface area contributed by atoms with Crippen LogP contribution in [0.4, 0.5) is 0 Å². The zero-order valence-electron chi connectivity index (χ0n) is 9.70. The fraction of sp³-hybridized carbons (Fsp3) is 0.818. The van der Waals surface area contributed by atoms with Gasteiger partial charge in [0.15, 0.2) is 0 Å². The minimum atomic E-state index is 0.0841. The minimum Gasteiger partial charge on any atom is -0.393 e. The molecule has 1 heterocycles. The molecule has 0 aromatic heterocycles. The molecule has 1 amide bonds. The highest BCUT2D eigenvalue weighted by atomic mass is 32.2. The molecule has 0 aliphatic carbocycles. The molecule has 1 atom stereocenters. The maximum Gasteiger partial charge on any atom is 0.220 e. The number of rotatable bonds is 5. The first-order valence-electron chi connectivity index (χ1n) is 5.73. The third-order valence-electron chi connectivity index (χ3n) is 2.91. The van der Waals surface area contributed by atoms with Gasteiger partial charge in [-0.2, -0.15) is 11.8 Å². The van der Waals surface area contributed by atoms with Crippen LogP contribution in [0, 0.1) is 11.8 Å². The normalized spacial score (nSPS) is 19.1. The lowest BCUT2D eigenvalue weighted by molar-refractivity contribution is -0.122. The van der Waals surface area contributed by atoms with E-state index in [1.54, 1.807) is 0 Å². The van der Waals surface area contributed by atoms with E-state index in [0.717, 1.165) is 0 Å². The van der Waals surface area contributed by atoms with E-state index in [9.17, 15) is 4.79 Å². The summed E-state index contributed by atoms with van der Waals surface area (Å²) in [6.07, 6.45) is 3.00. The Balaban J connectivity index is 2.17. The second kappa shape index (κ2) is 7.12. The molecule has 0 aromatic carbocycles. The molecule has 0 radical (unpaired) electrons. The Labute approximate surface area is 107 Å². The molecule has 1 fully saturated rings. The van der Waals surface area contributed by atoms with Crippen molar-refractivity contribution in [3.05, 3.63) is 0 Å². The van der Waals surface area contributed by atoms with E-state index in [-0.39, 0.29) is 11.8 Å². The second-order valence-electron chi connectivity index (χ2n) is 4.37. The summed E-state index contributed by atoms with van der Waals surface area (Å²) in [6.45, 7) is 2.50. The van der Waals surface area contributed by atoms with Crippen LogP contribution < -0.4 is 11.1 Å². The second-order valence-corrected chi connectivity index (χ2v) is 6.06. The Morgan fingerprint density at radius 2 is 2.19 bits per heavy atom. The zero-order valence-corrected chi connectivity index (χ0v) is 11.3. The highest BCUT2D eigenvalue weighted by Gasteiger charge is 2.17. The predicted octanol–water partition coefficient (Wildman–Crippen LogP) is 1.56. The number of thioether (sulfide) groups is 1. The minimum absolute atomic E-state index is 0.0841. The van der Waals surface area contributed by atoms with Crippen LogP contribution in [0.1, 0.15) is 26.2 Å². The summed E-state index contributed by atoms with van der Waals surface area (Å²) >= 11 is 6.84. The number of nitrogens with one attached hydrogen (secondary N) is 1. The van der Waals surface area contributed by atoms with E-state index in [1.165, 1.54) is 24.3 Å². The van der Waals surface area contributed by atoms with Gasteiger partial charge in [0.1, 0.15) is 0 Å². The van der Waals surface area contributed by atoms with Gasteiger partial charge in [-0.15, -0.1) is 0 Å². The molecule has 0 saturated carbocycles. The molecule has 1 aliphatic heterocycles. The lowest BCUT2D eigenvalue weighted by Gasteiger charge is -2.21. The van der Waals surface area contributed by atoms with Crippen molar-refractivity contribution in [2.24, 2.45) is 17.6 Å². The van der Waals surface area contributed by atoms with Crippen LogP contribution in [0.5, 0.6) is 0 Å². The van der Waals surface area contributed by atoms with Gasteiger partial charge in [-0.1, -0.05) is 19.1 Å². The molecular weight excluding hydrogens is 240 g/mol. The van der Waals surface area contributed by atoms with Gasteiger partial charge in [-0.05, 0) is 30.3 Å². The maximum absolute atomic E-state index is 11.6. The molecule has 0 aromatic rings. The van der Waals surface area contributed by atoms with Gasteiger partial charge in [-0.25, -0.2) is 0 Å². The van der Waals surface area contributed by atoms with E-state index in [2.05, 4.69) is 5.32 Å². The van der Waals surface area contributed by atoms with Crippen molar-refractivity contribution in [2.75, 3.05) is 18.1 Å². The highest BCUT2D eigenvalue weighted by molar-refractivity contribution is 7.99. The number of nitrogens with two attached hydrogens (primary N) is 1. The molecule has 3 nitrogen and oxygen atoms in total. The van der Waals surface area contributed by atoms with Gasteiger partial charge in [0.2, 0.25) is 5.91 Å². The van der Waals surface area contributed by atoms with E-state index < -0.39 is 0 Å². The Kier molecular flexibility index (Phi) is 6.13. The summed E-state index contributed by atoms with van der Waals surface area (Å²) in [6, 6.07) is 0. The third-order valence-corrected chi connectivity index (χ3v) is 4.36. The van der Waals surface area contributed by atoms with E-state index in [4.69, 9.17) is 18.0 Å². The van der Waals surface area contributed by atoms with Gasteiger partial charge in [-0.3, -0.25) is 4.79 Å². The van der Waals surface area contributed by atoms with Crippen LogP contribution in [0.3, 0.4) is 0 Å². The van der Waals surface area contributed by atoms with Crippen molar-refractivity contribution >= 4 is 34.9 Å². The number of carbonyl (C=O) groups excluding carboxylic acids is 1. The van der Waals surface area contributed by atoms with Crippen LogP contribution in [0.15, 0.2) is 0 Å². The molecule has 1 aliphatic rings. The quantitative estimate of drug-likeness (QED) is 0.737. The molecule has 0 bridgehead atoms. The third kappa shape index (κ3) is 5.16. The number of carbonyl (C=O) groups is 1. The summed E-state index contributed by atoms with van der Waals surface area (Å²) < 4.78 is 0. The van der Waals surface area contributed by atoms with Crippen LogP contribution in [0.2, 0.25) is 0 Å². The Morgan fingerprint density at radius 1 is 1.56 bits per heavy atom. The van der Waals surface area contributed by atoms with Gasteiger partial charge in [0.05, 0.1) is 4.99 Å². The number of hydrogen-bond acceptors (Lipinski definition) is 3. The Morgan fingerprint density at radius 3 is 2.75 bits per heavy atom. The van der Waals surface area contributed by atoms with Gasteiger partial charge >= 0.3 is 0 Å². The lowest BCUT2D eigenvalue weighted by atomic mass is 9.98. The van der Waals surface area contributed by atoms with Crippen LogP contribution in [0.25, 0.3) is 0 Å². The van der Waals surface area contributed by atoms with Crippen molar-refractivity contribution in [1.29, 1.82) is 0 Å². The number of amides is 1. The standard InChI is InChI=1S/C11H20N2OS2/c1-8(11(12)15)7-13-10(14)6-9-2-4-16-5-3-9/h8-9H,2-7H2,1H3,(H2,12,15)(H,13,14). The van der Waals surface area contributed by atoms with Gasteiger partial charge < -0.3 is 11.1 Å². The molecule has 1 unspecified atom stereocenters. The Hall–Kier alpha value is -0.290. The summed E-state index contributed by atoms with van der Waals surface area (Å²) in [5, 5.41) is 2.90. The monoisotopic (exact) mass is 260 g/mol. The van der Waals surface area contributed by atoms with Crippen LogP contribution in [-0.2, 0) is 4.79 Å². The predicted molar refractivity (Wildman–Crippen MR) is 73.6 cm³/mol. The molecule has 0 spiro atoms. The summed E-state index contributed by atoms with van der Waals surface area (Å²) in [7, 11) is 0. The van der Waals surface area contributed by atoms with E-state index >= 15 is 0 Å². The van der Waals surface area contributed by atoms with Crippen LogP contribution >= 0.6 is 24.0 Å². The summed E-state index contributed by atoms with van der Waals surface area (Å²) in [4.78, 5) is 12.1. The van der Waals surface area contributed by atoms with Crippen molar-refractivity contribution < 1.29 is 4.79 Å². The molecule has 1 rings (SSSR count). The molecular formula is C11H20N2OS2. The van der Waals surface area contributed by atoms with Crippen molar-refractivity contribution in [3.63, 3.8) is 0 Å². The lowest BCUT2D eigenvalue weighted by Crippen LogP contribution is -2.34. The molecule has 3 N–H and O–H groups in total. The molecule has 16 heavy (non-hydrogen) atoms.